The van der Waals surface area contributed by atoms with E-state index in [2.05, 4.69) is 26.0 Å². The molecule has 0 spiro atoms. The molecule has 2 aliphatic rings. The predicted octanol–water partition coefficient (Wildman–Crippen LogP) is 0.222. The molecule has 0 aliphatic carbocycles. The summed E-state index contributed by atoms with van der Waals surface area (Å²) in [5, 5.41) is 13.8. The van der Waals surface area contributed by atoms with Crippen molar-refractivity contribution in [3.05, 3.63) is 49.6 Å². The normalized spacial score (nSPS) is 11.0. The average Bonchev–Trinajstić information content (AvgIpc) is 2.69. The monoisotopic (exact) mass is 323 g/mol. The number of fused-ring (bicyclic) bond motifs is 1. The Morgan fingerprint density at radius 3 is 2.58 bits per heavy atom. The van der Waals surface area contributed by atoms with Crippen LogP contribution < -0.4 is 11.2 Å². The van der Waals surface area contributed by atoms with E-state index in [9.17, 15) is 14.8 Å². The third kappa shape index (κ3) is 1.83. The minimum atomic E-state index is -0.837. The number of hydrogen-bond acceptors (Lipinski definition) is 5. The Morgan fingerprint density at radius 2 is 1.89 bits per heavy atom. The minimum Gasteiger partial charge on any atom is -0.410 e. The molecular formula is C10H6BrN5O3. The molecule has 0 amide bonds. The maximum Gasteiger partial charge on any atom is 0.350 e. The first-order valence-corrected chi connectivity index (χ1v) is 5.93. The highest BCUT2D eigenvalue weighted by Crippen LogP contribution is 2.16. The van der Waals surface area contributed by atoms with Gasteiger partial charge >= 0.3 is 5.69 Å². The first-order chi connectivity index (χ1) is 9.06. The molecule has 0 unspecified atom stereocenters. The van der Waals surface area contributed by atoms with Crippen LogP contribution >= 0.6 is 15.9 Å². The summed E-state index contributed by atoms with van der Waals surface area (Å²) < 4.78 is 0.857. The maximum atomic E-state index is 11.5. The molecule has 0 atom stereocenters. The largest absolute Gasteiger partial charge is 0.410 e. The number of halogens is 1. The fourth-order valence-corrected chi connectivity index (χ4v) is 1.90. The fraction of sp³-hybridized carbons (Fsp3) is 0. The van der Waals surface area contributed by atoms with Crippen LogP contribution in [0.25, 0.3) is 17.2 Å². The molecule has 0 saturated carbocycles. The summed E-state index contributed by atoms with van der Waals surface area (Å²) in [5.41, 5.74) is -1.15. The van der Waals surface area contributed by atoms with Crippen LogP contribution in [-0.2, 0) is 0 Å². The molecule has 0 radical (unpaired) electrons. The molecule has 1 aromatic carbocycles. The number of nitrogens with zero attached hydrogens (tertiary/aromatic N) is 4. The van der Waals surface area contributed by atoms with Gasteiger partial charge in [0, 0.05) is 4.47 Å². The van der Waals surface area contributed by atoms with E-state index in [1.54, 1.807) is 24.3 Å². The van der Waals surface area contributed by atoms with Crippen LogP contribution in [-0.4, -0.2) is 29.9 Å². The van der Waals surface area contributed by atoms with E-state index in [1.165, 1.54) is 0 Å². The second-order valence-corrected chi connectivity index (χ2v) is 4.61. The lowest BCUT2D eigenvalue weighted by Crippen LogP contribution is -2.25. The van der Waals surface area contributed by atoms with Gasteiger partial charge < -0.3 is 5.21 Å². The van der Waals surface area contributed by atoms with Gasteiger partial charge in [-0.25, -0.2) is 4.79 Å². The number of rotatable bonds is 1. The highest BCUT2D eigenvalue weighted by molar-refractivity contribution is 9.10. The van der Waals surface area contributed by atoms with Crippen molar-refractivity contribution < 1.29 is 5.21 Å². The number of aromatic nitrogens is 5. The molecule has 8 nitrogen and oxygen atoms in total. The smallest absolute Gasteiger partial charge is 0.350 e. The van der Waals surface area contributed by atoms with Crippen molar-refractivity contribution in [3.8, 4) is 17.2 Å². The Kier molecular flexibility index (Phi) is 2.49. The maximum absolute atomic E-state index is 11.5. The Hall–Kier alpha value is -2.42. The summed E-state index contributed by atoms with van der Waals surface area (Å²) in [4.78, 5) is 29.8. The van der Waals surface area contributed by atoms with E-state index in [-0.39, 0.29) is 11.5 Å². The first-order valence-electron chi connectivity index (χ1n) is 5.14. The van der Waals surface area contributed by atoms with E-state index in [1.807, 2.05) is 4.98 Å². The van der Waals surface area contributed by atoms with Crippen LogP contribution in [0.3, 0.4) is 0 Å². The van der Waals surface area contributed by atoms with Crippen molar-refractivity contribution in [1.82, 2.24) is 24.7 Å². The van der Waals surface area contributed by atoms with Crippen molar-refractivity contribution in [2.45, 2.75) is 0 Å². The summed E-state index contributed by atoms with van der Waals surface area (Å²) in [6, 6.07) is 6.85. The van der Waals surface area contributed by atoms with Crippen molar-refractivity contribution in [3.63, 3.8) is 0 Å². The lowest BCUT2D eigenvalue weighted by Gasteiger charge is -2.03. The van der Waals surface area contributed by atoms with Gasteiger partial charge in [0.25, 0.3) is 5.56 Å². The van der Waals surface area contributed by atoms with E-state index >= 15 is 0 Å². The van der Waals surface area contributed by atoms with E-state index in [0.29, 0.717) is 10.5 Å². The molecule has 9 heteroatoms. The van der Waals surface area contributed by atoms with Crippen LogP contribution in [0.15, 0.2) is 38.3 Å². The number of hydrogen-bond donors (Lipinski definition) is 2. The molecule has 0 saturated heterocycles. The Bertz CT molecular complexity index is 832. The van der Waals surface area contributed by atoms with Crippen molar-refractivity contribution in [1.29, 1.82) is 0 Å². The third-order valence-corrected chi connectivity index (χ3v) is 3.00. The van der Waals surface area contributed by atoms with Crippen molar-refractivity contribution in [2.24, 2.45) is 0 Å². The fourth-order valence-electron chi connectivity index (χ4n) is 1.63. The molecule has 1 aromatic rings. The Balaban J connectivity index is 2.32. The standard InChI is InChI=1S/C10H6BrN5O3/c11-5-1-3-6(4-2-5)15-14-7-8(16(15)19)12-10(18)13-9(7)17/h1-4,19H,(H,13,17,18). The zero-order chi connectivity index (χ0) is 13.6. The molecule has 96 valence electrons. The number of benzene rings is 1. The van der Waals surface area contributed by atoms with Crippen LogP contribution in [0, 0.1) is 0 Å². The van der Waals surface area contributed by atoms with Crippen molar-refractivity contribution in [2.75, 3.05) is 0 Å². The van der Waals surface area contributed by atoms with Gasteiger partial charge in [-0.2, -0.15) is 4.98 Å². The highest BCUT2D eigenvalue weighted by Gasteiger charge is 2.21. The van der Waals surface area contributed by atoms with Crippen LogP contribution in [0.2, 0.25) is 0 Å². The van der Waals surface area contributed by atoms with Gasteiger partial charge in [0.1, 0.15) is 0 Å². The Labute approximate surface area is 113 Å². The minimum absolute atomic E-state index is 0.120. The van der Waals surface area contributed by atoms with Gasteiger partial charge in [0.15, 0.2) is 5.69 Å². The average molecular weight is 324 g/mol. The molecule has 3 rings (SSSR count). The number of H-pyrrole nitrogens is 1. The lowest BCUT2D eigenvalue weighted by atomic mass is 10.3. The van der Waals surface area contributed by atoms with Crippen molar-refractivity contribution >= 4 is 15.9 Å². The molecule has 0 aromatic heterocycles. The van der Waals surface area contributed by atoms with Gasteiger partial charge in [-0.05, 0) is 24.3 Å². The second kappa shape index (κ2) is 4.05. The third-order valence-electron chi connectivity index (χ3n) is 2.48. The zero-order valence-corrected chi connectivity index (χ0v) is 10.8. The van der Waals surface area contributed by atoms with Gasteiger partial charge in [0.2, 0.25) is 5.82 Å². The summed E-state index contributed by atoms with van der Waals surface area (Å²) in [6.45, 7) is 0. The molecule has 19 heavy (non-hydrogen) atoms. The van der Waals surface area contributed by atoms with Gasteiger partial charge in [0.05, 0.1) is 5.69 Å². The first kappa shape index (κ1) is 11.7. The molecule has 2 N–H and O–H groups in total. The van der Waals surface area contributed by atoms with E-state index in [4.69, 9.17) is 0 Å². The quantitative estimate of drug-likeness (QED) is 0.623. The van der Waals surface area contributed by atoms with Gasteiger partial charge in [-0.1, -0.05) is 20.8 Å². The van der Waals surface area contributed by atoms with E-state index in [0.717, 1.165) is 9.27 Å². The van der Waals surface area contributed by atoms with Gasteiger partial charge in [-0.3, -0.25) is 9.78 Å². The van der Waals surface area contributed by atoms with Crippen LogP contribution in [0.5, 0.6) is 0 Å². The number of nitrogens with one attached hydrogen (secondary N) is 1. The molecule has 2 aliphatic heterocycles. The zero-order valence-electron chi connectivity index (χ0n) is 9.24. The Morgan fingerprint density at radius 1 is 1.21 bits per heavy atom. The molecule has 0 bridgehead atoms. The summed E-state index contributed by atoms with van der Waals surface area (Å²) >= 11 is 3.28. The predicted molar refractivity (Wildman–Crippen MR) is 67.7 cm³/mol. The summed E-state index contributed by atoms with van der Waals surface area (Å²) in [7, 11) is 0. The van der Waals surface area contributed by atoms with Crippen LogP contribution in [0.4, 0.5) is 0 Å². The molecular weight excluding hydrogens is 318 g/mol. The topological polar surface area (TPSA) is 106 Å². The highest BCUT2D eigenvalue weighted by atomic mass is 79.9. The lowest BCUT2D eigenvalue weighted by molar-refractivity contribution is 0.123. The SMILES string of the molecule is O=c1nc2n(O)n(-c3ccc(Br)cc3)nc-2c(=O)[nH]1. The summed E-state index contributed by atoms with van der Waals surface area (Å²) in [5.74, 6) is -0.198. The summed E-state index contributed by atoms with van der Waals surface area (Å²) in [6.07, 6.45) is 0. The van der Waals surface area contributed by atoms with E-state index < -0.39 is 11.2 Å². The number of aromatic amines is 1. The molecule has 0 fully saturated rings. The van der Waals surface area contributed by atoms with Gasteiger partial charge in [-0.15, -0.1) is 9.90 Å². The second-order valence-electron chi connectivity index (χ2n) is 3.70. The van der Waals surface area contributed by atoms with Crippen LogP contribution in [0.1, 0.15) is 0 Å². The molecule has 2 heterocycles.